The molecule has 0 radical (unpaired) electrons. The summed E-state index contributed by atoms with van der Waals surface area (Å²) in [7, 11) is 0. The summed E-state index contributed by atoms with van der Waals surface area (Å²) >= 11 is 2.20. The van der Waals surface area contributed by atoms with Crippen molar-refractivity contribution in [1.29, 1.82) is 0 Å². The van der Waals surface area contributed by atoms with Gasteiger partial charge in [-0.25, -0.2) is 0 Å². The second kappa shape index (κ2) is 6.56. The van der Waals surface area contributed by atoms with Crippen LogP contribution in [0.5, 0.6) is 0 Å². The van der Waals surface area contributed by atoms with Crippen molar-refractivity contribution in [2.45, 2.75) is 34.1 Å². The van der Waals surface area contributed by atoms with Gasteiger partial charge in [0.2, 0.25) is 5.91 Å². The van der Waals surface area contributed by atoms with Crippen LogP contribution in [-0.2, 0) is 9.59 Å². The lowest BCUT2D eigenvalue weighted by Crippen LogP contribution is -2.37. The van der Waals surface area contributed by atoms with Crippen molar-refractivity contribution in [3.63, 3.8) is 0 Å². The largest absolute Gasteiger partial charge is 0.481 e. The zero-order valence-electron chi connectivity index (χ0n) is 12.2. The van der Waals surface area contributed by atoms with Crippen LogP contribution in [0.2, 0.25) is 0 Å². The molecule has 1 rings (SSSR count). The van der Waals surface area contributed by atoms with Crippen molar-refractivity contribution in [3.05, 3.63) is 27.3 Å². The highest BCUT2D eigenvalue weighted by Gasteiger charge is 2.38. The molecule has 0 fully saturated rings. The van der Waals surface area contributed by atoms with E-state index in [-0.39, 0.29) is 18.2 Å². The predicted molar refractivity (Wildman–Crippen MR) is 87.7 cm³/mol. The number of aliphatic carboxylic acids is 1. The average Bonchev–Trinajstić information content (AvgIpc) is 2.33. The van der Waals surface area contributed by atoms with Gasteiger partial charge in [0.25, 0.3) is 0 Å². The lowest BCUT2D eigenvalue weighted by Gasteiger charge is -2.28. The number of hydrogen-bond acceptors (Lipinski definition) is 2. The van der Waals surface area contributed by atoms with Crippen molar-refractivity contribution < 1.29 is 14.7 Å². The zero-order chi connectivity index (χ0) is 15.5. The van der Waals surface area contributed by atoms with E-state index in [4.69, 9.17) is 0 Å². The zero-order valence-corrected chi connectivity index (χ0v) is 14.3. The van der Waals surface area contributed by atoms with E-state index in [9.17, 15) is 14.7 Å². The summed E-state index contributed by atoms with van der Waals surface area (Å²) < 4.78 is 1.06. The Bertz CT molecular complexity index is 528. The Hall–Kier alpha value is -1.11. The predicted octanol–water partition coefficient (Wildman–Crippen LogP) is 3.68. The molecule has 0 heterocycles. The maximum atomic E-state index is 12.1. The van der Waals surface area contributed by atoms with Crippen LogP contribution in [0.4, 0.5) is 5.69 Å². The first-order chi connectivity index (χ1) is 9.16. The third-order valence-corrected chi connectivity index (χ3v) is 4.91. The number of carbonyl (C=O) groups excluding carboxylic acids is 1. The monoisotopic (exact) mass is 389 g/mol. The van der Waals surface area contributed by atoms with Gasteiger partial charge in [-0.3, -0.25) is 9.59 Å². The van der Waals surface area contributed by atoms with Crippen LogP contribution in [0.3, 0.4) is 0 Å². The molecule has 0 aliphatic rings. The third kappa shape index (κ3) is 3.94. The fourth-order valence-electron chi connectivity index (χ4n) is 1.74. The number of carboxylic acids is 1. The summed E-state index contributed by atoms with van der Waals surface area (Å²) in [5, 5.41) is 12.1. The minimum absolute atomic E-state index is 0.0372. The molecule has 110 valence electrons. The van der Waals surface area contributed by atoms with E-state index in [0.29, 0.717) is 5.69 Å². The number of halogens is 1. The average molecular weight is 389 g/mol. The van der Waals surface area contributed by atoms with Crippen LogP contribution >= 0.6 is 22.6 Å². The number of benzene rings is 1. The number of carboxylic acid groups (broad SMARTS) is 1. The number of rotatable bonds is 5. The first-order valence-corrected chi connectivity index (χ1v) is 7.54. The Kier molecular flexibility index (Phi) is 5.56. The maximum absolute atomic E-state index is 12.1. The minimum Gasteiger partial charge on any atom is -0.481 e. The molecule has 1 unspecified atom stereocenters. The Morgan fingerprint density at radius 2 is 2.00 bits per heavy atom. The highest BCUT2D eigenvalue weighted by Crippen LogP contribution is 2.31. The molecule has 0 saturated heterocycles. The minimum atomic E-state index is -1.05. The van der Waals surface area contributed by atoms with Gasteiger partial charge in [-0.15, -0.1) is 0 Å². The summed E-state index contributed by atoms with van der Waals surface area (Å²) in [6.07, 6.45) is -0.0372. The number of hydrogen-bond donors (Lipinski definition) is 2. The molecule has 20 heavy (non-hydrogen) atoms. The molecule has 1 aromatic rings. The fourth-order valence-corrected chi connectivity index (χ4v) is 2.25. The Balaban J connectivity index is 2.81. The van der Waals surface area contributed by atoms with E-state index >= 15 is 0 Å². The molecule has 0 aromatic heterocycles. The molecular formula is C15H20INO3. The second-order valence-corrected chi connectivity index (χ2v) is 6.73. The van der Waals surface area contributed by atoms with E-state index in [1.165, 1.54) is 0 Å². The maximum Gasteiger partial charge on any atom is 0.310 e. The summed E-state index contributed by atoms with van der Waals surface area (Å²) in [5.41, 5.74) is 0.782. The SMILES string of the molecule is Cc1ccc(NC(=O)CC(C)(C(=O)O)C(C)C)cc1I. The van der Waals surface area contributed by atoms with Gasteiger partial charge in [-0.05, 0) is 60.1 Å². The smallest absolute Gasteiger partial charge is 0.310 e. The molecule has 0 bridgehead atoms. The summed E-state index contributed by atoms with van der Waals surface area (Å²) in [5.74, 6) is -1.34. The van der Waals surface area contributed by atoms with Gasteiger partial charge >= 0.3 is 5.97 Å². The van der Waals surface area contributed by atoms with Gasteiger partial charge in [0.1, 0.15) is 0 Å². The molecule has 1 aromatic carbocycles. The molecule has 0 saturated carbocycles. The van der Waals surface area contributed by atoms with Crippen molar-refractivity contribution in [1.82, 2.24) is 0 Å². The molecular weight excluding hydrogens is 369 g/mol. The van der Waals surface area contributed by atoms with Crippen LogP contribution in [0, 0.1) is 21.8 Å². The summed E-state index contributed by atoms with van der Waals surface area (Å²) in [6, 6.07) is 5.63. The van der Waals surface area contributed by atoms with Gasteiger partial charge in [0.15, 0.2) is 0 Å². The molecule has 0 aliphatic carbocycles. The third-order valence-electron chi connectivity index (χ3n) is 3.75. The molecule has 1 amide bonds. The van der Waals surface area contributed by atoms with E-state index in [2.05, 4.69) is 27.9 Å². The van der Waals surface area contributed by atoms with Crippen LogP contribution in [0.1, 0.15) is 32.8 Å². The first kappa shape index (κ1) is 16.9. The Morgan fingerprint density at radius 3 is 2.45 bits per heavy atom. The van der Waals surface area contributed by atoms with Crippen molar-refractivity contribution in [2.24, 2.45) is 11.3 Å². The number of amides is 1. The van der Waals surface area contributed by atoms with Crippen LogP contribution in [0.25, 0.3) is 0 Å². The molecule has 0 aliphatic heterocycles. The van der Waals surface area contributed by atoms with Crippen molar-refractivity contribution in [2.75, 3.05) is 5.32 Å². The lowest BCUT2D eigenvalue weighted by molar-refractivity contribution is -0.153. The van der Waals surface area contributed by atoms with Crippen LogP contribution < -0.4 is 5.32 Å². The molecule has 1 atom stereocenters. The molecule has 2 N–H and O–H groups in total. The van der Waals surface area contributed by atoms with Crippen molar-refractivity contribution in [3.8, 4) is 0 Å². The van der Waals surface area contributed by atoms with Gasteiger partial charge < -0.3 is 10.4 Å². The van der Waals surface area contributed by atoms with Crippen molar-refractivity contribution >= 4 is 40.2 Å². The van der Waals surface area contributed by atoms with Gasteiger partial charge in [-0.2, -0.15) is 0 Å². The second-order valence-electron chi connectivity index (χ2n) is 5.57. The quantitative estimate of drug-likeness (QED) is 0.756. The Labute approximate surface area is 133 Å². The van der Waals surface area contributed by atoms with E-state index < -0.39 is 11.4 Å². The highest BCUT2D eigenvalue weighted by atomic mass is 127. The standard InChI is InChI=1S/C15H20INO3/c1-9(2)15(4,14(19)20)8-13(18)17-11-6-5-10(3)12(16)7-11/h5-7,9H,8H2,1-4H3,(H,17,18)(H,19,20). The summed E-state index contributed by atoms with van der Waals surface area (Å²) in [4.78, 5) is 23.4. The lowest BCUT2D eigenvalue weighted by atomic mass is 9.76. The normalized spacial score (nSPS) is 13.9. The molecule has 4 nitrogen and oxygen atoms in total. The van der Waals surface area contributed by atoms with Gasteiger partial charge in [0, 0.05) is 15.7 Å². The van der Waals surface area contributed by atoms with Gasteiger partial charge in [-0.1, -0.05) is 19.9 Å². The fraction of sp³-hybridized carbons (Fsp3) is 0.467. The van der Waals surface area contributed by atoms with E-state index in [0.717, 1.165) is 9.13 Å². The topological polar surface area (TPSA) is 66.4 Å². The highest BCUT2D eigenvalue weighted by molar-refractivity contribution is 14.1. The number of anilines is 1. The molecule has 0 spiro atoms. The summed E-state index contributed by atoms with van der Waals surface area (Å²) in [6.45, 7) is 7.23. The Morgan fingerprint density at radius 1 is 1.40 bits per heavy atom. The first-order valence-electron chi connectivity index (χ1n) is 6.46. The number of aryl methyl sites for hydroxylation is 1. The van der Waals surface area contributed by atoms with E-state index in [1.807, 2.05) is 39.0 Å². The number of nitrogens with one attached hydrogen (secondary N) is 1. The van der Waals surface area contributed by atoms with E-state index in [1.54, 1.807) is 6.92 Å². The number of carbonyl (C=O) groups is 2. The van der Waals surface area contributed by atoms with Crippen LogP contribution in [0.15, 0.2) is 18.2 Å². The molecule has 5 heteroatoms. The van der Waals surface area contributed by atoms with Crippen LogP contribution in [-0.4, -0.2) is 17.0 Å². The van der Waals surface area contributed by atoms with Gasteiger partial charge in [0.05, 0.1) is 5.41 Å².